The van der Waals surface area contributed by atoms with Gasteiger partial charge in [-0.05, 0) is 0 Å². The number of rotatable bonds is 4. The largest absolute Gasteiger partial charge is 0.481 e. The molecule has 1 fully saturated rings. The summed E-state index contributed by atoms with van der Waals surface area (Å²) in [5.41, 5.74) is 0. The molecule has 1 aliphatic heterocycles. The summed E-state index contributed by atoms with van der Waals surface area (Å²) < 4.78 is 4.47. The molecular weight excluding hydrogens is 240 g/mol. The minimum Gasteiger partial charge on any atom is -0.481 e. The van der Waals surface area contributed by atoms with Crippen LogP contribution in [0.4, 0.5) is 0 Å². The molecule has 0 radical (unpaired) electrons. The summed E-state index contributed by atoms with van der Waals surface area (Å²) in [7, 11) is 0. The van der Waals surface area contributed by atoms with Crippen molar-refractivity contribution in [3.8, 4) is 0 Å². The highest BCUT2D eigenvalue weighted by Gasteiger charge is 2.57. The summed E-state index contributed by atoms with van der Waals surface area (Å²) in [6, 6.07) is 0. The maximum Gasteiger partial charge on any atom is 0.333 e. The van der Waals surface area contributed by atoms with Crippen LogP contribution in [-0.2, 0) is 23.9 Å². The predicted octanol–water partition coefficient (Wildman–Crippen LogP) is -1.68. The van der Waals surface area contributed by atoms with E-state index in [1.54, 1.807) is 0 Å². The lowest BCUT2D eigenvalue weighted by atomic mass is 9.87. The number of hydrogen-bond donors (Lipinski definition) is 4. The van der Waals surface area contributed by atoms with Crippen molar-refractivity contribution in [2.45, 2.75) is 12.2 Å². The summed E-state index contributed by atoms with van der Waals surface area (Å²) in [5, 5.41) is 34.8. The molecule has 0 amide bonds. The number of carbonyl (C=O) groups is 4. The Bertz CT molecular complexity index is 350. The Hall–Kier alpha value is -2.16. The number of hydrogen-bond acceptors (Lipinski definition) is 5. The van der Waals surface area contributed by atoms with Crippen LogP contribution in [0.1, 0.15) is 0 Å². The van der Waals surface area contributed by atoms with Gasteiger partial charge >= 0.3 is 23.9 Å². The molecule has 0 aromatic carbocycles. The molecule has 0 unspecified atom stereocenters. The number of carboxylic acid groups (broad SMARTS) is 4. The number of aliphatic carboxylic acids is 4. The third-order valence-corrected chi connectivity index (χ3v) is 2.39. The Kier molecular flexibility index (Phi) is 3.32. The van der Waals surface area contributed by atoms with Gasteiger partial charge < -0.3 is 25.2 Å². The molecule has 9 nitrogen and oxygen atoms in total. The van der Waals surface area contributed by atoms with E-state index in [0.717, 1.165) is 0 Å². The molecule has 0 saturated carbocycles. The van der Waals surface area contributed by atoms with Crippen molar-refractivity contribution >= 4 is 23.9 Å². The fourth-order valence-corrected chi connectivity index (χ4v) is 1.69. The van der Waals surface area contributed by atoms with Gasteiger partial charge in [0.05, 0.1) is 0 Å². The first-order chi connectivity index (χ1) is 7.77. The summed E-state index contributed by atoms with van der Waals surface area (Å²) >= 11 is 0. The van der Waals surface area contributed by atoms with Crippen molar-refractivity contribution in [1.82, 2.24) is 0 Å². The van der Waals surface area contributed by atoms with E-state index in [1.165, 1.54) is 0 Å². The van der Waals surface area contributed by atoms with Crippen LogP contribution in [0.15, 0.2) is 0 Å². The molecule has 1 saturated heterocycles. The zero-order valence-electron chi connectivity index (χ0n) is 8.14. The molecule has 4 atom stereocenters. The first-order valence-electron chi connectivity index (χ1n) is 4.34. The molecule has 94 valence electrons. The Morgan fingerprint density at radius 1 is 0.647 bits per heavy atom. The van der Waals surface area contributed by atoms with E-state index < -0.39 is 47.9 Å². The number of ether oxygens (including phenoxy) is 1. The van der Waals surface area contributed by atoms with Gasteiger partial charge in [-0.15, -0.1) is 0 Å². The average Bonchev–Trinajstić information content (AvgIpc) is 2.56. The van der Waals surface area contributed by atoms with Gasteiger partial charge in [-0.2, -0.15) is 0 Å². The molecule has 1 heterocycles. The molecule has 1 rings (SSSR count). The van der Waals surface area contributed by atoms with Crippen molar-refractivity contribution in [2.75, 3.05) is 0 Å². The van der Waals surface area contributed by atoms with Gasteiger partial charge in [0.25, 0.3) is 0 Å². The summed E-state index contributed by atoms with van der Waals surface area (Å²) in [6.45, 7) is 0. The van der Waals surface area contributed by atoms with E-state index in [9.17, 15) is 19.2 Å². The normalized spacial score (nSPS) is 32.0. The van der Waals surface area contributed by atoms with Crippen LogP contribution < -0.4 is 0 Å². The van der Waals surface area contributed by atoms with Crippen molar-refractivity contribution in [3.05, 3.63) is 0 Å². The lowest BCUT2D eigenvalue weighted by Crippen LogP contribution is -2.39. The zero-order valence-corrected chi connectivity index (χ0v) is 8.14. The van der Waals surface area contributed by atoms with E-state index in [4.69, 9.17) is 20.4 Å². The summed E-state index contributed by atoms with van der Waals surface area (Å²) in [4.78, 5) is 43.0. The van der Waals surface area contributed by atoms with E-state index in [-0.39, 0.29) is 0 Å². The van der Waals surface area contributed by atoms with Crippen LogP contribution in [0, 0.1) is 11.8 Å². The monoisotopic (exact) mass is 248 g/mol. The molecule has 0 aromatic rings. The first-order valence-corrected chi connectivity index (χ1v) is 4.34. The molecule has 9 heteroatoms. The van der Waals surface area contributed by atoms with Gasteiger partial charge in [-0.25, -0.2) is 9.59 Å². The highest BCUT2D eigenvalue weighted by Crippen LogP contribution is 2.33. The maximum absolute atomic E-state index is 10.8. The quantitative estimate of drug-likeness (QED) is 0.455. The van der Waals surface area contributed by atoms with E-state index in [1.807, 2.05) is 0 Å². The third-order valence-electron chi connectivity index (χ3n) is 2.39. The van der Waals surface area contributed by atoms with E-state index in [2.05, 4.69) is 4.74 Å². The summed E-state index contributed by atoms with van der Waals surface area (Å²) in [5.74, 6) is -10.8. The van der Waals surface area contributed by atoms with Gasteiger partial charge in [-0.1, -0.05) is 0 Å². The highest BCUT2D eigenvalue weighted by molar-refractivity contribution is 5.92. The third kappa shape index (κ3) is 2.18. The minimum absolute atomic E-state index is 1.72. The Labute approximate surface area is 93.2 Å². The van der Waals surface area contributed by atoms with Crippen LogP contribution in [0.5, 0.6) is 0 Å². The molecule has 0 aliphatic carbocycles. The first kappa shape index (κ1) is 12.9. The van der Waals surface area contributed by atoms with Crippen LogP contribution in [0.3, 0.4) is 0 Å². The molecule has 0 bridgehead atoms. The van der Waals surface area contributed by atoms with Crippen molar-refractivity contribution < 1.29 is 44.3 Å². The van der Waals surface area contributed by atoms with Gasteiger partial charge in [0, 0.05) is 0 Å². The maximum atomic E-state index is 10.8. The predicted molar refractivity (Wildman–Crippen MR) is 46.2 cm³/mol. The van der Waals surface area contributed by atoms with Crippen molar-refractivity contribution in [2.24, 2.45) is 11.8 Å². The second-order valence-electron chi connectivity index (χ2n) is 3.38. The molecule has 0 aromatic heterocycles. The Morgan fingerprint density at radius 2 is 0.941 bits per heavy atom. The van der Waals surface area contributed by atoms with Crippen molar-refractivity contribution in [1.29, 1.82) is 0 Å². The van der Waals surface area contributed by atoms with Crippen LogP contribution in [-0.4, -0.2) is 56.5 Å². The van der Waals surface area contributed by atoms with Gasteiger partial charge in [0.2, 0.25) is 0 Å². The Balaban J connectivity index is 3.17. The van der Waals surface area contributed by atoms with E-state index in [0.29, 0.717) is 0 Å². The zero-order chi connectivity index (χ0) is 13.3. The molecule has 0 spiro atoms. The number of carboxylic acids is 4. The van der Waals surface area contributed by atoms with Crippen LogP contribution in [0.2, 0.25) is 0 Å². The average molecular weight is 248 g/mol. The molecule has 17 heavy (non-hydrogen) atoms. The lowest BCUT2D eigenvalue weighted by molar-refractivity contribution is -0.163. The standard InChI is InChI=1S/C8H8O9/c9-5(10)1-2(6(11)12)4(8(15)16)17-3(1)7(13)14/h1-4H,(H,9,10)(H,11,12)(H,13,14)(H,15,16)/t1-,2+,3+,4-. The fraction of sp³-hybridized carbons (Fsp3) is 0.500. The highest BCUT2D eigenvalue weighted by atomic mass is 16.6. The molecule has 4 N–H and O–H groups in total. The second-order valence-corrected chi connectivity index (χ2v) is 3.38. The van der Waals surface area contributed by atoms with Gasteiger partial charge in [-0.3, -0.25) is 9.59 Å². The minimum atomic E-state index is -1.99. The van der Waals surface area contributed by atoms with Crippen LogP contribution >= 0.6 is 0 Å². The molecule has 1 aliphatic rings. The summed E-state index contributed by atoms with van der Waals surface area (Å²) in [6.07, 6.45) is -3.98. The van der Waals surface area contributed by atoms with Gasteiger partial charge in [0.1, 0.15) is 11.8 Å². The smallest absolute Gasteiger partial charge is 0.333 e. The van der Waals surface area contributed by atoms with Crippen molar-refractivity contribution in [3.63, 3.8) is 0 Å². The van der Waals surface area contributed by atoms with Crippen LogP contribution in [0.25, 0.3) is 0 Å². The lowest BCUT2D eigenvalue weighted by Gasteiger charge is -2.13. The molecular formula is C8H8O9. The fourth-order valence-electron chi connectivity index (χ4n) is 1.69. The van der Waals surface area contributed by atoms with Gasteiger partial charge in [0.15, 0.2) is 12.2 Å². The SMILES string of the molecule is O=C(O)[C@@H]1[C@H](C(=O)O)[C@H](C(=O)O)O[C@@H]1C(=O)O. The van der Waals surface area contributed by atoms with E-state index >= 15 is 0 Å². The topological polar surface area (TPSA) is 158 Å². The second kappa shape index (κ2) is 4.37. The Morgan fingerprint density at radius 3 is 1.12 bits per heavy atom.